The van der Waals surface area contributed by atoms with Crippen molar-refractivity contribution in [1.82, 2.24) is 9.80 Å². The molecule has 31 heavy (non-hydrogen) atoms. The summed E-state index contributed by atoms with van der Waals surface area (Å²) in [4.78, 5) is 30.5. The van der Waals surface area contributed by atoms with Crippen LogP contribution in [0, 0.1) is 5.92 Å². The zero-order valence-electron chi connectivity index (χ0n) is 18.9. The monoisotopic (exact) mass is 428 g/mol. The topological polar surface area (TPSA) is 59.1 Å². The number of hydrogen-bond donors (Lipinski definition) is 0. The second-order valence-electron chi connectivity index (χ2n) is 9.01. The van der Waals surface area contributed by atoms with Crippen LogP contribution in [0.15, 0.2) is 24.3 Å². The Morgan fingerprint density at radius 3 is 2.23 bits per heavy atom. The van der Waals surface area contributed by atoms with Crippen LogP contribution in [0.4, 0.5) is 0 Å². The molecule has 2 saturated heterocycles. The Bertz CT molecular complexity index is 752. The fraction of sp³-hybridized carbons (Fsp3) is 0.680. The number of fused-ring (bicyclic) bond motifs is 1. The smallest absolute Gasteiger partial charge is 0.245 e. The first kappa shape index (κ1) is 22.3. The van der Waals surface area contributed by atoms with Crippen molar-refractivity contribution in [2.45, 2.75) is 77.2 Å². The number of likely N-dealkylation sites (tertiary alicyclic amines) is 2. The fourth-order valence-corrected chi connectivity index (χ4v) is 5.62. The van der Waals surface area contributed by atoms with E-state index in [1.165, 1.54) is 11.1 Å². The summed E-state index contributed by atoms with van der Waals surface area (Å²) in [5, 5.41) is 0. The van der Waals surface area contributed by atoms with E-state index in [2.05, 4.69) is 24.3 Å². The van der Waals surface area contributed by atoms with Crippen molar-refractivity contribution in [2.24, 2.45) is 5.92 Å². The predicted molar refractivity (Wildman–Crippen MR) is 118 cm³/mol. The molecule has 2 aliphatic heterocycles. The van der Waals surface area contributed by atoms with Gasteiger partial charge in [-0.05, 0) is 69.4 Å². The standard InChI is InChI=1S/C25H36N2O4/c1-3-30-25(31-4-2)22-12-8-14-27(22)24(29)21-11-7-13-26(21)23(28)17-18-15-19-9-5-6-10-20(19)16-18/h5-6,9-10,18,21-22,25H,3-4,7-8,11-17H2,1-2H3/t21-,22?/m0/s1. The summed E-state index contributed by atoms with van der Waals surface area (Å²) in [6.07, 6.45) is 5.57. The van der Waals surface area contributed by atoms with E-state index in [1.54, 1.807) is 0 Å². The number of amides is 2. The molecule has 0 bridgehead atoms. The number of carbonyl (C=O) groups excluding carboxylic acids is 2. The second kappa shape index (κ2) is 10.1. The maximum atomic E-state index is 13.5. The average molecular weight is 429 g/mol. The third-order valence-corrected chi connectivity index (χ3v) is 7.02. The SMILES string of the molecule is CCOC(OCC)C1CCCN1C(=O)[C@@H]1CCCN1C(=O)CC1Cc2ccccc2C1. The Morgan fingerprint density at radius 1 is 0.968 bits per heavy atom. The highest BCUT2D eigenvalue weighted by molar-refractivity contribution is 5.88. The van der Waals surface area contributed by atoms with Gasteiger partial charge >= 0.3 is 0 Å². The van der Waals surface area contributed by atoms with Gasteiger partial charge in [0.1, 0.15) is 6.04 Å². The molecule has 0 N–H and O–H groups in total. The number of hydrogen-bond acceptors (Lipinski definition) is 4. The third-order valence-electron chi connectivity index (χ3n) is 7.02. The molecule has 1 aliphatic carbocycles. The van der Waals surface area contributed by atoms with E-state index < -0.39 is 0 Å². The molecule has 1 unspecified atom stereocenters. The first-order valence-electron chi connectivity index (χ1n) is 12.0. The van der Waals surface area contributed by atoms with E-state index in [0.29, 0.717) is 32.1 Å². The minimum atomic E-state index is -0.385. The molecule has 0 aromatic heterocycles. The molecule has 170 valence electrons. The van der Waals surface area contributed by atoms with Crippen LogP contribution in [0.1, 0.15) is 57.1 Å². The van der Waals surface area contributed by atoms with Gasteiger partial charge in [0.05, 0.1) is 6.04 Å². The van der Waals surface area contributed by atoms with Crippen molar-refractivity contribution < 1.29 is 19.1 Å². The van der Waals surface area contributed by atoms with Crippen LogP contribution in [0.25, 0.3) is 0 Å². The van der Waals surface area contributed by atoms with E-state index in [-0.39, 0.29) is 30.2 Å². The quantitative estimate of drug-likeness (QED) is 0.597. The summed E-state index contributed by atoms with van der Waals surface area (Å²) in [7, 11) is 0. The first-order chi connectivity index (χ1) is 15.1. The van der Waals surface area contributed by atoms with Gasteiger partial charge in [-0.25, -0.2) is 0 Å². The summed E-state index contributed by atoms with van der Waals surface area (Å²) in [5.74, 6) is 0.559. The minimum absolute atomic E-state index is 0.0608. The molecule has 2 heterocycles. The van der Waals surface area contributed by atoms with E-state index in [4.69, 9.17) is 9.47 Å². The van der Waals surface area contributed by atoms with Crippen LogP contribution in [0.2, 0.25) is 0 Å². The van der Waals surface area contributed by atoms with Gasteiger partial charge < -0.3 is 19.3 Å². The Kier molecular flexibility index (Phi) is 7.28. The van der Waals surface area contributed by atoms with Crippen molar-refractivity contribution in [3.05, 3.63) is 35.4 Å². The molecule has 0 saturated carbocycles. The van der Waals surface area contributed by atoms with E-state index in [9.17, 15) is 9.59 Å². The molecule has 6 heteroatoms. The lowest BCUT2D eigenvalue weighted by atomic mass is 10.0. The van der Waals surface area contributed by atoms with Crippen LogP contribution < -0.4 is 0 Å². The van der Waals surface area contributed by atoms with Gasteiger partial charge in [0.2, 0.25) is 11.8 Å². The maximum Gasteiger partial charge on any atom is 0.245 e. The average Bonchev–Trinajstić information content (AvgIpc) is 3.51. The molecule has 2 fully saturated rings. The van der Waals surface area contributed by atoms with Crippen molar-refractivity contribution in [1.29, 1.82) is 0 Å². The molecule has 4 rings (SSSR count). The lowest BCUT2D eigenvalue weighted by molar-refractivity contribution is -0.177. The first-order valence-corrected chi connectivity index (χ1v) is 12.0. The van der Waals surface area contributed by atoms with Gasteiger partial charge in [-0.3, -0.25) is 9.59 Å². The Balaban J connectivity index is 1.39. The summed E-state index contributed by atoms with van der Waals surface area (Å²) in [6.45, 7) is 6.42. The number of ether oxygens (including phenoxy) is 2. The van der Waals surface area contributed by atoms with Crippen LogP contribution in [-0.4, -0.2) is 66.3 Å². The summed E-state index contributed by atoms with van der Waals surface area (Å²) in [5.41, 5.74) is 2.74. The lowest BCUT2D eigenvalue weighted by Crippen LogP contribution is -2.52. The third kappa shape index (κ3) is 4.80. The Morgan fingerprint density at radius 2 is 1.58 bits per heavy atom. The number of rotatable bonds is 8. The van der Waals surface area contributed by atoms with E-state index >= 15 is 0 Å². The highest BCUT2D eigenvalue weighted by Crippen LogP contribution is 2.32. The van der Waals surface area contributed by atoms with Crippen molar-refractivity contribution in [2.75, 3.05) is 26.3 Å². The molecular formula is C25H36N2O4. The molecule has 0 spiro atoms. The highest BCUT2D eigenvalue weighted by atomic mass is 16.7. The Labute approximate surface area is 185 Å². The highest BCUT2D eigenvalue weighted by Gasteiger charge is 2.43. The molecule has 2 atom stereocenters. The minimum Gasteiger partial charge on any atom is -0.351 e. The molecule has 0 radical (unpaired) electrons. The predicted octanol–water partition coefficient (Wildman–Crippen LogP) is 3.17. The second-order valence-corrected chi connectivity index (χ2v) is 9.01. The van der Waals surface area contributed by atoms with Crippen molar-refractivity contribution in [3.8, 4) is 0 Å². The van der Waals surface area contributed by atoms with Crippen LogP contribution in [0.5, 0.6) is 0 Å². The van der Waals surface area contributed by atoms with Crippen LogP contribution in [0.3, 0.4) is 0 Å². The summed E-state index contributed by atoms with van der Waals surface area (Å²) < 4.78 is 11.6. The van der Waals surface area contributed by atoms with Gasteiger partial charge in [-0.2, -0.15) is 0 Å². The van der Waals surface area contributed by atoms with E-state index in [0.717, 1.165) is 45.1 Å². The number of benzene rings is 1. The molecule has 3 aliphatic rings. The fourth-order valence-electron chi connectivity index (χ4n) is 5.62. The van der Waals surface area contributed by atoms with Gasteiger partial charge in [0, 0.05) is 32.7 Å². The number of nitrogens with zero attached hydrogens (tertiary/aromatic N) is 2. The molecular weight excluding hydrogens is 392 g/mol. The van der Waals surface area contributed by atoms with Gasteiger partial charge in [-0.15, -0.1) is 0 Å². The van der Waals surface area contributed by atoms with Gasteiger partial charge in [0.25, 0.3) is 0 Å². The Hall–Kier alpha value is -1.92. The van der Waals surface area contributed by atoms with Crippen molar-refractivity contribution in [3.63, 3.8) is 0 Å². The molecule has 2 amide bonds. The normalized spacial score (nSPS) is 23.7. The van der Waals surface area contributed by atoms with E-state index in [1.807, 2.05) is 23.6 Å². The maximum absolute atomic E-state index is 13.5. The zero-order valence-corrected chi connectivity index (χ0v) is 18.9. The largest absolute Gasteiger partial charge is 0.351 e. The van der Waals surface area contributed by atoms with Crippen LogP contribution in [-0.2, 0) is 31.9 Å². The number of carbonyl (C=O) groups is 2. The van der Waals surface area contributed by atoms with Crippen LogP contribution >= 0.6 is 0 Å². The molecule has 6 nitrogen and oxygen atoms in total. The molecule has 1 aromatic carbocycles. The van der Waals surface area contributed by atoms with Gasteiger partial charge in [0.15, 0.2) is 6.29 Å². The zero-order chi connectivity index (χ0) is 21.8. The van der Waals surface area contributed by atoms with Gasteiger partial charge in [-0.1, -0.05) is 24.3 Å². The lowest BCUT2D eigenvalue weighted by Gasteiger charge is -2.35. The molecule has 1 aromatic rings. The van der Waals surface area contributed by atoms with Crippen molar-refractivity contribution >= 4 is 11.8 Å². The summed E-state index contributed by atoms with van der Waals surface area (Å²) >= 11 is 0. The summed E-state index contributed by atoms with van der Waals surface area (Å²) in [6, 6.07) is 8.09.